The van der Waals surface area contributed by atoms with E-state index < -0.39 is 10.0 Å². The Bertz CT molecular complexity index is 860. The van der Waals surface area contributed by atoms with E-state index in [9.17, 15) is 8.42 Å². The second-order valence-corrected chi connectivity index (χ2v) is 7.03. The largest absolute Gasteiger partial charge is 0.496 e. The first kappa shape index (κ1) is 18.0. The zero-order chi connectivity index (χ0) is 17.6. The summed E-state index contributed by atoms with van der Waals surface area (Å²) >= 11 is 5.94. The normalized spacial score (nSPS) is 12.0. The first-order chi connectivity index (χ1) is 11.4. The van der Waals surface area contributed by atoms with Gasteiger partial charge in [0, 0.05) is 16.8 Å². The van der Waals surface area contributed by atoms with E-state index in [1.54, 1.807) is 49.6 Å². The van der Waals surface area contributed by atoms with Crippen molar-refractivity contribution in [3.8, 4) is 5.75 Å². The molecule has 2 aromatic rings. The first-order valence-electron chi connectivity index (χ1n) is 7.04. The van der Waals surface area contributed by atoms with Gasteiger partial charge in [0.2, 0.25) is 0 Å². The van der Waals surface area contributed by atoms with Gasteiger partial charge in [-0.15, -0.1) is 0 Å². The topological polar surface area (TPSA) is 67.8 Å². The fourth-order valence-electron chi connectivity index (χ4n) is 1.90. The molecule has 0 heterocycles. The summed E-state index contributed by atoms with van der Waals surface area (Å²) < 4.78 is 29.3. The number of nitrogens with one attached hydrogen (secondary N) is 1. The molecule has 0 spiro atoms. The maximum absolute atomic E-state index is 12.0. The molecule has 0 aromatic heterocycles. The number of hydrazone groups is 1. The Morgan fingerprint density at radius 1 is 1.17 bits per heavy atom. The quantitative estimate of drug-likeness (QED) is 0.628. The van der Waals surface area contributed by atoms with Gasteiger partial charge in [-0.25, -0.2) is 4.83 Å². The lowest BCUT2D eigenvalue weighted by molar-refractivity contribution is 0.414. The SMILES string of the molecule is COc1ccc(Cl)cc1/C=C/C=N\NS(=O)(=O)c1ccc(C)cc1. The summed E-state index contributed by atoms with van der Waals surface area (Å²) in [6.07, 6.45) is 4.65. The molecule has 1 N–H and O–H groups in total. The number of hydrogen-bond donors (Lipinski definition) is 1. The van der Waals surface area contributed by atoms with Crippen LogP contribution in [-0.4, -0.2) is 21.7 Å². The Kier molecular flexibility index (Phi) is 6.00. The predicted molar refractivity (Wildman–Crippen MR) is 97.0 cm³/mol. The van der Waals surface area contributed by atoms with Crippen molar-refractivity contribution in [3.63, 3.8) is 0 Å². The lowest BCUT2D eigenvalue weighted by atomic mass is 10.2. The van der Waals surface area contributed by atoms with Gasteiger partial charge in [0.15, 0.2) is 0 Å². The lowest BCUT2D eigenvalue weighted by Crippen LogP contribution is -2.17. The minimum Gasteiger partial charge on any atom is -0.496 e. The molecule has 0 aliphatic carbocycles. The number of hydrogen-bond acceptors (Lipinski definition) is 4. The second kappa shape index (κ2) is 7.99. The second-order valence-electron chi connectivity index (χ2n) is 4.93. The molecule has 0 aliphatic heterocycles. The molecular weight excluding hydrogens is 348 g/mol. The zero-order valence-electron chi connectivity index (χ0n) is 13.2. The summed E-state index contributed by atoms with van der Waals surface area (Å²) in [6.45, 7) is 1.89. The average molecular weight is 365 g/mol. The van der Waals surface area contributed by atoms with Crippen molar-refractivity contribution in [1.82, 2.24) is 4.83 Å². The third kappa shape index (κ3) is 4.84. The Morgan fingerprint density at radius 2 is 1.88 bits per heavy atom. The monoisotopic (exact) mass is 364 g/mol. The van der Waals surface area contributed by atoms with E-state index in [1.807, 2.05) is 6.92 Å². The van der Waals surface area contributed by atoms with Crippen LogP contribution in [0.25, 0.3) is 6.08 Å². The summed E-state index contributed by atoms with van der Waals surface area (Å²) in [5.74, 6) is 0.657. The standard InChI is InChI=1S/C17H17ClN2O3S/c1-13-5-8-16(9-6-13)24(21,22)20-19-11-3-4-14-12-15(18)7-10-17(14)23-2/h3-12,20H,1-2H3/b4-3+,19-11-. The van der Waals surface area contributed by atoms with Crippen molar-refractivity contribution in [3.05, 3.63) is 64.7 Å². The highest BCUT2D eigenvalue weighted by Gasteiger charge is 2.11. The molecule has 0 unspecified atom stereocenters. The number of aryl methyl sites for hydroxylation is 1. The number of allylic oxidation sites excluding steroid dienone is 1. The molecule has 0 radical (unpaired) electrons. The molecule has 0 fully saturated rings. The molecule has 7 heteroatoms. The van der Waals surface area contributed by atoms with Crippen molar-refractivity contribution in [2.45, 2.75) is 11.8 Å². The van der Waals surface area contributed by atoms with Crippen molar-refractivity contribution in [2.75, 3.05) is 7.11 Å². The van der Waals surface area contributed by atoms with Crippen LogP contribution in [0.2, 0.25) is 5.02 Å². The van der Waals surface area contributed by atoms with Crippen LogP contribution in [0, 0.1) is 6.92 Å². The van der Waals surface area contributed by atoms with Gasteiger partial charge in [0.25, 0.3) is 10.0 Å². The third-order valence-corrected chi connectivity index (χ3v) is 4.61. The van der Waals surface area contributed by atoms with Crippen LogP contribution < -0.4 is 9.57 Å². The summed E-state index contributed by atoms with van der Waals surface area (Å²) in [7, 11) is -2.11. The Morgan fingerprint density at radius 3 is 2.54 bits per heavy atom. The van der Waals surface area contributed by atoms with Gasteiger partial charge in [-0.2, -0.15) is 13.5 Å². The van der Waals surface area contributed by atoms with Gasteiger partial charge in [-0.3, -0.25) is 0 Å². The van der Waals surface area contributed by atoms with E-state index in [0.717, 1.165) is 11.1 Å². The number of halogens is 1. The average Bonchev–Trinajstić information content (AvgIpc) is 2.55. The molecular formula is C17H17ClN2O3S. The van der Waals surface area contributed by atoms with Crippen LogP contribution in [-0.2, 0) is 10.0 Å². The third-order valence-electron chi connectivity index (χ3n) is 3.13. The highest BCUT2D eigenvalue weighted by molar-refractivity contribution is 7.89. The summed E-state index contributed by atoms with van der Waals surface area (Å²) in [5, 5.41) is 4.29. The number of nitrogens with zero attached hydrogens (tertiary/aromatic N) is 1. The van der Waals surface area contributed by atoms with Crippen molar-refractivity contribution < 1.29 is 13.2 Å². The summed E-state index contributed by atoms with van der Waals surface area (Å²) in [5.41, 5.74) is 1.74. The van der Waals surface area contributed by atoms with E-state index in [4.69, 9.17) is 16.3 Å². The maximum atomic E-state index is 12.0. The van der Waals surface area contributed by atoms with E-state index in [-0.39, 0.29) is 4.90 Å². The van der Waals surface area contributed by atoms with E-state index in [1.165, 1.54) is 18.3 Å². The van der Waals surface area contributed by atoms with E-state index in [0.29, 0.717) is 10.8 Å². The Hall–Kier alpha value is -2.31. The van der Waals surface area contributed by atoms with E-state index >= 15 is 0 Å². The van der Waals surface area contributed by atoms with Crippen LogP contribution in [0.4, 0.5) is 0 Å². The lowest BCUT2D eigenvalue weighted by Gasteiger charge is -2.04. The number of rotatable bonds is 6. The van der Waals surface area contributed by atoms with Gasteiger partial charge >= 0.3 is 0 Å². The summed E-state index contributed by atoms with van der Waals surface area (Å²) in [6, 6.07) is 11.7. The maximum Gasteiger partial charge on any atom is 0.276 e. The molecule has 24 heavy (non-hydrogen) atoms. The first-order valence-corrected chi connectivity index (χ1v) is 8.90. The molecule has 0 bridgehead atoms. The van der Waals surface area contributed by atoms with Crippen LogP contribution in [0.5, 0.6) is 5.75 Å². The van der Waals surface area contributed by atoms with Gasteiger partial charge in [-0.1, -0.05) is 29.3 Å². The number of benzene rings is 2. The van der Waals surface area contributed by atoms with Crippen LogP contribution in [0.3, 0.4) is 0 Å². The van der Waals surface area contributed by atoms with E-state index in [2.05, 4.69) is 9.93 Å². The minimum absolute atomic E-state index is 0.158. The highest BCUT2D eigenvalue weighted by atomic mass is 35.5. The van der Waals surface area contributed by atoms with Crippen LogP contribution >= 0.6 is 11.6 Å². The molecule has 0 aliphatic rings. The summed E-state index contributed by atoms with van der Waals surface area (Å²) in [4.78, 5) is 2.31. The molecule has 0 saturated carbocycles. The highest BCUT2D eigenvalue weighted by Crippen LogP contribution is 2.23. The fraction of sp³-hybridized carbons (Fsp3) is 0.118. The molecule has 2 rings (SSSR count). The Balaban J connectivity index is 2.04. The number of ether oxygens (including phenoxy) is 1. The van der Waals surface area contributed by atoms with Gasteiger partial charge in [0.05, 0.1) is 12.0 Å². The molecule has 0 atom stereocenters. The minimum atomic E-state index is -3.67. The molecule has 0 saturated heterocycles. The molecule has 5 nitrogen and oxygen atoms in total. The van der Waals surface area contributed by atoms with Crippen LogP contribution in [0.1, 0.15) is 11.1 Å². The van der Waals surface area contributed by atoms with Gasteiger partial charge in [-0.05, 0) is 49.4 Å². The number of methoxy groups -OCH3 is 1. The fourth-order valence-corrected chi connectivity index (χ4v) is 2.88. The predicted octanol–water partition coefficient (Wildman–Crippen LogP) is 3.63. The Labute approximate surface area is 146 Å². The molecule has 0 amide bonds. The molecule has 126 valence electrons. The smallest absolute Gasteiger partial charge is 0.276 e. The molecule has 2 aromatic carbocycles. The number of sulfonamides is 1. The van der Waals surface area contributed by atoms with Crippen LogP contribution in [0.15, 0.2) is 58.5 Å². The van der Waals surface area contributed by atoms with Crippen molar-refractivity contribution >= 4 is 33.9 Å². The van der Waals surface area contributed by atoms with Gasteiger partial charge in [0.1, 0.15) is 5.75 Å². The van der Waals surface area contributed by atoms with Crippen molar-refractivity contribution in [1.29, 1.82) is 0 Å². The van der Waals surface area contributed by atoms with Gasteiger partial charge < -0.3 is 4.74 Å². The van der Waals surface area contributed by atoms with Crippen molar-refractivity contribution in [2.24, 2.45) is 5.10 Å². The zero-order valence-corrected chi connectivity index (χ0v) is 14.8.